The van der Waals surface area contributed by atoms with E-state index in [0.717, 1.165) is 23.7 Å². The number of hydrogen-bond acceptors (Lipinski definition) is 4. The van der Waals surface area contributed by atoms with E-state index in [1.807, 2.05) is 23.4 Å². The monoisotopic (exact) mass is 277 g/mol. The zero-order valence-corrected chi connectivity index (χ0v) is 11.5. The highest BCUT2D eigenvalue weighted by Gasteiger charge is 2.08. The molecule has 1 aromatic heterocycles. The van der Waals surface area contributed by atoms with E-state index in [1.54, 1.807) is 29.7 Å². The van der Waals surface area contributed by atoms with Gasteiger partial charge in [-0.15, -0.1) is 11.3 Å². The van der Waals surface area contributed by atoms with Crippen molar-refractivity contribution in [3.8, 4) is 6.07 Å². The third-order valence-electron chi connectivity index (χ3n) is 2.64. The standard InChI is InChI=1S/C13H12ClN3S/c1-17(6-4-13-16-5-7-18-13)12-8-11(14)3-2-10(12)9-15/h2-3,5,7-8H,4,6H2,1H3. The first-order chi connectivity index (χ1) is 8.70. The fourth-order valence-electron chi connectivity index (χ4n) is 1.68. The Morgan fingerprint density at radius 3 is 3.00 bits per heavy atom. The summed E-state index contributed by atoms with van der Waals surface area (Å²) in [6, 6.07) is 7.49. The molecule has 0 saturated carbocycles. The number of anilines is 1. The molecule has 3 nitrogen and oxygen atoms in total. The highest BCUT2D eigenvalue weighted by molar-refractivity contribution is 7.09. The van der Waals surface area contributed by atoms with Crippen LogP contribution in [-0.4, -0.2) is 18.6 Å². The van der Waals surface area contributed by atoms with Crippen molar-refractivity contribution in [3.63, 3.8) is 0 Å². The molecule has 0 radical (unpaired) electrons. The molecule has 0 spiro atoms. The van der Waals surface area contributed by atoms with Crippen molar-refractivity contribution in [3.05, 3.63) is 45.4 Å². The van der Waals surface area contributed by atoms with Crippen LogP contribution in [0.25, 0.3) is 0 Å². The molecule has 0 saturated heterocycles. The summed E-state index contributed by atoms with van der Waals surface area (Å²) in [6.07, 6.45) is 2.67. The largest absolute Gasteiger partial charge is 0.373 e. The van der Waals surface area contributed by atoms with Gasteiger partial charge in [-0.05, 0) is 18.2 Å². The second kappa shape index (κ2) is 5.85. The van der Waals surface area contributed by atoms with Gasteiger partial charge in [0, 0.05) is 36.6 Å². The first-order valence-corrected chi connectivity index (χ1v) is 6.75. The molecule has 92 valence electrons. The minimum absolute atomic E-state index is 0.640. The minimum Gasteiger partial charge on any atom is -0.373 e. The third-order valence-corrected chi connectivity index (χ3v) is 3.71. The van der Waals surface area contributed by atoms with Crippen LogP contribution >= 0.6 is 22.9 Å². The van der Waals surface area contributed by atoms with Crippen LogP contribution in [0.5, 0.6) is 0 Å². The summed E-state index contributed by atoms with van der Waals surface area (Å²) >= 11 is 7.62. The van der Waals surface area contributed by atoms with Gasteiger partial charge in [0.2, 0.25) is 0 Å². The number of nitrogens with zero attached hydrogens (tertiary/aromatic N) is 3. The summed E-state index contributed by atoms with van der Waals surface area (Å²) in [5, 5.41) is 12.8. The average molecular weight is 278 g/mol. The van der Waals surface area contributed by atoms with Crippen LogP contribution in [0.2, 0.25) is 5.02 Å². The molecule has 18 heavy (non-hydrogen) atoms. The van der Waals surface area contributed by atoms with Crippen molar-refractivity contribution in [1.29, 1.82) is 5.26 Å². The molecule has 1 aromatic carbocycles. The third kappa shape index (κ3) is 3.00. The van der Waals surface area contributed by atoms with E-state index in [-0.39, 0.29) is 0 Å². The molecular weight excluding hydrogens is 266 g/mol. The lowest BCUT2D eigenvalue weighted by atomic mass is 10.2. The smallest absolute Gasteiger partial charge is 0.101 e. The highest BCUT2D eigenvalue weighted by atomic mass is 35.5. The van der Waals surface area contributed by atoms with E-state index in [9.17, 15) is 0 Å². The second-order valence-electron chi connectivity index (χ2n) is 3.87. The van der Waals surface area contributed by atoms with Crippen molar-refractivity contribution in [2.75, 3.05) is 18.5 Å². The number of thiazole rings is 1. The maximum Gasteiger partial charge on any atom is 0.101 e. The number of benzene rings is 1. The number of rotatable bonds is 4. The van der Waals surface area contributed by atoms with E-state index in [4.69, 9.17) is 16.9 Å². The predicted octanol–water partition coefficient (Wildman–Crippen LogP) is 3.35. The summed E-state index contributed by atoms with van der Waals surface area (Å²) in [6.45, 7) is 0.808. The van der Waals surface area contributed by atoms with E-state index in [1.165, 1.54) is 0 Å². The molecule has 2 aromatic rings. The second-order valence-corrected chi connectivity index (χ2v) is 5.29. The van der Waals surface area contributed by atoms with Crippen molar-refractivity contribution >= 4 is 28.6 Å². The summed E-state index contributed by atoms with van der Waals surface area (Å²) in [4.78, 5) is 6.28. The van der Waals surface area contributed by atoms with E-state index >= 15 is 0 Å². The molecule has 0 aliphatic carbocycles. The van der Waals surface area contributed by atoms with Gasteiger partial charge in [0.1, 0.15) is 6.07 Å². The lowest BCUT2D eigenvalue weighted by Crippen LogP contribution is -2.21. The van der Waals surface area contributed by atoms with Gasteiger partial charge in [-0.1, -0.05) is 11.6 Å². The van der Waals surface area contributed by atoms with Crippen LogP contribution in [0.4, 0.5) is 5.69 Å². The Balaban J connectivity index is 2.11. The number of likely N-dealkylation sites (N-methyl/N-ethyl adjacent to an activating group) is 1. The Labute approximate surface area is 115 Å². The molecule has 1 heterocycles. The highest BCUT2D eigenvalue weighted by Crippen LogP contribution is 2.23. The van der Waals surface area contributed by atoms with Crippen molar-refractivity contribution in [2.24, 2.45) is 0 Å². The Morgan fingerprint density at radius 1 is 1.50 bits per heavy atom. The molecular formula is C13H12ClN3S. The quantitative estimate of drug-likeness (QED) is 0.860. The van der Waals surface area contributed by atoms with Crippen LogP contribution in [0.15, 0.2) is 29.8 Å². The summed E-state index contributed by atoms with van der Waals surface area (Å²) in [5.74, 6) is 0. The Bertz CT molecular complexity index is 560. The minimum atomic E-state index is 0.640. The normalized spacial score (nSPS) is 10.1. The summed E-state index contributed by atoms with van der Waals surface area (Å²) in [5.41, 5.74) is 1.50. The lowest BCUT2D eigenvalue weighted by Gasteiger charge is -2.20. The van der Waals surface area contributed by atoms with Crippen molar-refractivity contribution < 1.29 is 0 Å². The molecule has 0 fully saturated rings. The van der Waals surface area contributed by atoms with Crippen molar-refractivity contribution in [1.82, 2.24) is 4.98 Å². The molecule has 0 bridgehead atoms. The first kappa shape index (κ1) is 12.9. The Hall–Kier alpha value is -1.57. The first-order valence-electron chi connectivity index (χ1n) is 5.50. The number of aromatic nitrogens is 1. The van der Waals surface area contributed by atoms with Gasteiger partial charge < -0.3 is 4.90 Å². The molecule has 0 aliphatic rings. The fraction of sp³-hybridized carbons (Fsp3) is 0.231. The zero-order valence-electron chi connectivity index (χ0n) is 9.93. The van der Waals surface area contributed by atoms with Crippen LogP contribution in [0.1, 0.15) is 10.6 Å². The lowest BCUT2D eigenvalue weighted by molar-refractivity contribution is 0.868. The van der Waals surface area contributed by atoms with E-state index in [2.05, 4.69) is 11.1 Å². The topological polar surface area (TPSA) is 39.9 Å². The van der Waals surface area contributed by atoms with Crippen molar-refractivity contribution in [2.45, 2.75) is 6.42 Å². The van der Waals surface area contributed by atoms with Crippen LogP contribution in [0.3, 0.4) is 0 Å². The van der Waals surface area contributed by atoms with Crippen LogP contribution < -0.4 is 4.90 Å². The van der Waals surface area contributed by atoms with Gasteiger partial charge in [-0.25, -0.2) is 4.98 Å². The van der Waals surface area contributed by atoms with E-state index in [0.29, 0.717) is 10.6 Å². The van der Waals surface area contributed by atoms with Crippen LogP contribution in [-0.2, 0) is 6.42 Å². The summed E-state index contributed by atoms with van der Waals surface area (Å²) in [7, 11) is 1.96. The van der Waals surface area contributed by atoms with Crippen LogP contribution in [0, 0.1) is 11.3 Å². The maximum absolute atomic E-state index is 9.08. The predicted molar refractivity (Wildman–Crippen MR) is 75.3 cm³/mol. The van der Waals surface area contributed by atoms with Gasteiger partial charge in [0.05, 0.1) is 16.3 Å². The molecule has 0 amide bonds. The molecule has 0 atom stereocenters. The SMILES string of the molecule is CN(CCc1nccs1)c1cc(Cl)ccc1C#N. The number of halogens is 1. The Morgan fingerprint density at radius 2 is 2.33 bits per heavy atom. The average Bonchev–Trinajstić information content (AvgIpc) is 2.89. The van der Waals surface area contributed by atoms with Gasteiger partial charge in [0.25, 0.3) is 0 Å². The molecule has 5 heteroatoms. The zero-order chi connectivity index (χ0) is 13.0. The number of nitriles is 1. The van der Waals surface area contributed by atoms with Gasteiger partial charge in [-0.2, -0.15) is 5.26 Å². The number of hydrogen-bond donors (Lipinski definition) is 0. The molecule has 2 rings (SSSR count). The maximum atomic E-state index is 9.08. The summed E-state index contributed by atoms with van der Waals surface area (Å²) < 4.78 is 0. The molecule has 0 unspecified atom stereocenters. The Kier molecular flexibility index (Phi) is 4.19. The van der Waals surface area contributed by atoms with Gasteiger partial charge in [0.15, 0.2) is 0 Å². The molecule has 0 aliphatic heterocycles. The molecule has 0 N–H and O–H groups in total. The van der Waals surface area contributed by atoms with E-state index < -0.39 is 0 Å². The van der Waals surface area contributed by atoms with Gasteiger partial charge >= 0.3 is 0 Å². The fourth-order valence-corrected chi connectivity index (χ4v) is 2.45. The van der Waals surface area contributed by atoms with Gasteiger partial charge in [-0.3, -0.25) is 0 Å².